The number of hydrazine groups is 1. The van der Waals surface area contributed by atoms with E-state index < -0.39 is 60.7 Å². The average Bonchev–Trinajstić information content (AvgIpc) is 2.99. The number of alkyl halides is 3. The summed E-state index contributed by atoms with van der Waals surface area (Å²) in [6.45, 7) is 3.79. The first-order chi connectivity index (χ1) is 21.2. The van der Waals surface area contributed by atoms with Crippen molar-refractivity contribution in [2.45, 2.75) is 45.5 Å². The fourth-order valence-corrected chi connectivity index (χ4v) is 5.13. The van der Waals surface area contributed by atoms with Gasteiger partial charge in [-0.05, 0) is 23.6 Å². The molecule has 11 nitrogen and oxygen atoms in total. The fraction of sp³-hybridized carbons (Fsp3) is 0.419. The fourth-order valence-electron chi connectivity index (χ4n) is 5.13. The van der Waals surface area contributed by atoms with Crippen LogP contribution in [0.2, 0.25) is 0 Å². The summed E-state index contributed by atoms with van der Waals surface area (Å²) in [4.78, 5) is 55.2. The van der Waals surface area contributed by atoms with Gasteiger partial charge >= 0.3 is 6.18 Å². The third kappa shape index (κ3) is 7.39. The summed E-state index contributed by atoms with van der Waals surface area (Å²) in [5, 5.41) is 1.25. The molecular weight excluding hydrogens is 599 g/mol. The van der Waals surface area contributed by atoms with Gasteiger partial charge in [0.05, 0.1) is 27.0 Å². The summed E-state index contributed by atoms with van der Waals surface area (Å²) in [7, 11) is 5.32. The van der Waals surface area contributed by atoms with E-state index in [-0.39, 0.29) is 28.5 Å². The molecule has 0 aliphatic carbocycles. The van der Waals surface area contributed by atoms with E-state index in [2.05, 4.69) is 0 Å². The minimum absolute atomic E-state index is 0.0967. The number of amides is 3. The molecule has 2 aromatic carbocycles. The molecular formula is C31H36F3N3O8. The van der Waals surface area contributed by atoms with E-state index >= 15 is 0 Å². The van der Waals surface area contributed by atoms with Gasteiger partial charge in [0.15, 0.2) is 11.5 Å². The lowest BCUT2D eigenvalue weighted by atomic mass is 9.96. The Kier molecular flexibility index (Phi) is 11.2. The van der Waals surface area contributed by atoms with E-state index in [1.54, 1.807) is 32.0 Å². The van der Waals surface area contributed by atoms with Gasteiger partial charge < -0.3 is 23.8 Å². The van der Waals surface area contributed by atoms with Gasteiger partial charge in [-0.2, -0.15) is 13.2 Å². The van der Waals surface area contributed by atoms with Gasteiger partial charge in [0.25, 0.3) is 17.6 Å². The van der Waals surface area contributed by atoms with Crippen LogP contribution in [0.4, 0.5) is 13.2 Å². The summed E-state index contributed by atoms with van der Waals surface area (Å²) in [5.41, 5.74) is 0.203. The Labute approximate surface area is 259 Å². The van der Waals surface area contributed by atoms with Crippen LogP contribution in [0.5, 0.6) is 17.2 Å². The second-order valence-electron chi connectivity index (χ2n) is 10.4. The average molecular weight is 636 g/mol. The standard InChI is InChI=1S/C31H36F3N3O8/c1-18(2)27-30(41)37(36(19(3)38)22(29(40)31(32,33)34)13-20-11-9-8-10-12-20)23(16-35(27)26(39)17-42-4)21-14-24(43-5)28(45-7)25(15-21)44-6/h8-12,14-16,18,22,27H,13,17H2,1-7H3. The van der Waals surface area contributed by atoms with Crippen molar-refractivity contribution in [1.29, 1.82) is 0 Å². The number of carbonyl (C=O) groups is 4. The topological polar surface area (TPSA) is 115 Å². The lowest BCUT2D eigenvalue weighted by Crippen LogP contribution is -2.64. The maximum Gasteiger partial charge on any atom is 0.452 e. The molecule has 0 fully saturated rings. The van der Waals surface area contributed by atoms with E-state index in [1.807, 2.05) is 0 Å². The van der Waals surface area contributed by atoms with Crippen molar-refractivity contribution < 1.29 is 51.3 Å². The number of Topliss-reactive ketones (excluding diaryl/α,β-unsaturated/α-hetero) is 1. The molecule has 0 spiro atoms. The van der Waals surface area contributed by atoms with Crippen LogP contribution in [-0.4, -0.2) is 91.7 Å². The highest BCUT2D eigenvalue weighted by atomic mass is 19.4. The first kappa shape index (κ1) is 34.9. The quantitative estimate of drug-likeness (QED) is 0.346. The minimum atomic E-state index is -5.36. The van der Waals surface area contributed by atoms with Crippen molar-refractivity contribution in [2.75, 3.05) is 35.0 Å². The molecule has 3 amide bonds. The van der Waals surface area contributed by atoms with E-state index in [1.165, 1.54) is 58.9 Å². The highest BCUT2D eigenvalue weighted by molar-refractivity contribution is 6.00. The predicted molar refractivity (Wildman–Crippen MR) is 156 cm³/mol. The SMILES string of the molecule is COCC(=O)N1C=C(c2cc(OC)c(OC)c(OC)c2)N(N(C(C)=O)C(Cc2ccccc2)C(=O)C(F)(F)F)C(=O)C1C(C)C. The maximum atomic E-state index is 14.5. The van der Waals surface area contributed by atoms with Crippen LogP contribution < -0.4 is 14.2 Å². The lowest BCUT2D eigenvalue weighted by molar-refractivity contribution is -0.187. The Morgan fingerprint density at radius 2 is 1.53 bits per heavy atom. The van der Waals surface area contributed by atoms with Crippen LogP contribution in [0, 0.1) is 5.92 Å². The summed E-state index contributed by atoms with van der Waals surface area (Å²) in [5.74, 6) is -5.01. The zero-order valence-electron chi connectivity index (χ0n) is 26.0. The Hall–Kier alpha value is -4.59. The van der Waals surface area contributed by atoms with Crippen LogP contribution in [-0.2, 0) is 30.3 Å². The Morgan fingerprint density at radius 1 is 0.956 bits per heavy atom. The number of nitrogens with zero attached hydrogens (tertiary/aromatic N) is 3. The molecule has 0 N–H and O–H groups in total. The molecule has 0 radical (unpaired) electrons. The lowest BCUT2D eigenvalue weighted by Gasteiger charge is -2.47. The van der Waals surface area contributed by atoms with Crippen molar-refractivity contribution in [2.24, 2.45) is 5.92 Å². The predicted octanol–water partition coefficient (Wildman–Crippen LogP) is 3.86. The molecule has 3 rings (SSSR count). The molecule has 0 saturated heterocycles. The van der Waals surface area contributed by atoms with Gasteiger partial charge in [0.1, 0.15) is 18.7 Å². The van der Waals surface area contributed by atoms with E-state index in [9.17, 15) is 32.3 Å². The normalized spacial score (nSPS) is 15.8. The van der Waals surface area contributed by atoms with Gasteiger partial charge in [-0.3, -0.25) is 19.2 Å². The highest BCUT2D eigenvalue weighted by Gasteiger charge is 2.51. The number of rotatable bonds is 12. The summed E-state index contributed by atoms with van der Waals surface area (Å²) in [6.07, 6.45) is -4.69. The number of benzene rings is 2. The number of carbonyl (C=O) groups excluding carboxylic acids is 4. The summed E-state index contributed by atoms with van der Waals surface area (Å²) >= 11 is 0. The second kappa shape index (κ2) is 14.5. The van der Waals surface area contributed by atoms with Crippen molar-refractivity contribution in [3.05, 3.63) is 59.8 Å². The minimum Gasteiger partial charge on any atom is -0.493 e. The monoisotopic (exact) mass is 635 g/mol. The van der Waals surface area contributed by atoms with Gasteiger partial charge in [0, 0.05) is 32.2 Å². The number of halogens is 3. The molecule has 45 heavy (non-hydrogen) atoms. The van der Waals surface area contributed by atoms with Crippen LogP contribution in [0.3, 0.4) is 0 Å². The molecule has 2 aromatic rings. The zero-order valence-corrected chi connectivity index (χ0v) is 26.0. The smallest absolute Gasteiger partial charge is 0.452 e. The number of hydrogen-bond donors (Lipinski definition) is 0. The van der Waals surface area contributed by atoms with Crippen molar-refractivity contribution in [3.8, 4) is 17.2 Å². The van der Waals surface area contributed by atoms with E-state index in [0.29, 0.717) is 10.6 Å². The van der Waals surface area contributed by atoms with Gasteiger partial charge in [-0.1, -0.05) is 44.2 Å². The van der Waals surface area contributed by atoms with Crippen LogP contribution in [0.25, 0.3) is 5.70 Å². The van der Waals surface area contributed by atoms with Gasteiger partial charge in [-0.15, -0.1) is 0 Å². The number of ether oxygens (including phenoxy) is 4. The Balaban J connectivity index is 2.41. The molecule has 0 saturated carbocycles. The maximum absolute atomic E-state index is 14.5. The Morgan fingerprint density at radius 3 is 1.98 bits per heavy atom. The van der Waals surface area contributed by atoms with Crippen LogP contribution in [0.1, 0.15) is 31.9 Å². The third-order valence-electron chi connectivity index (χ3n) is 7.09. The van der Waals surface area contributed by atoms with Crippen molar-refractivity contribution >= 4 is 29.2 Å². The number of methoxy groups -OCH3 is 4. The summed E-state index contributed by atoms with van der Waals surface area (Å²) < 4.78 is 63.7. The Bertz CT molecular complexity index is 1420. The molecule has 0 bridgehead atoms. The van der Waals surface area contributed by atoms with Crippen molar-refractivity contribution in [1.82, 2.24) is 14.9 Å². The molecule has 1 heterocycles. The second-order valence-corrected chi connectivity index (χ2v) is 10.4. The van der Waals surface area contributed by atoms with Crippen LogP contribution in [0.15, 0.2) is 48.7 Å². The number of hydrogen-bond acceptors (Lipinski definition) is 8. The number of ketones is 1. The largest absolute Gasteiger partial charge is 0.493 e. The molecule has 244 valence electrons. The molecule has 1 aliphatic heterocycles. The molecule has 2 atom stereocenters. The first-order valence-corrected chi connectivity index (χ1v) is 13.8. The van der Waals surface area contributed by atoms with E-state index in [0.717, 1.165) is 16.8 Å². The third-order valence-corrected chi connectivity index (χ3v) is 7.09. The molecule has 2 unspecified atom stereocenters. The molecule has 1 aliphatic rings. The first-order valence-electron chi connectivity index (χ1n) is 13.8. The van der Waals surface area contributed by atoms with E-state index in [4.69, 9.17) is 18.9 Å². The molecule has 14 heteroatoms. The summed E-state index contributed by atoms with van der Waals surface area (Å²) in [6, 6.07) is 7.14. The highest BCUT2D eigenvalue weighted by Crippen LogP contribution is 2.42. The zero-order chi connectivity index (χ0) is 33.6. The van der Waals surface area contributed by atoms with Gasteiger partial charge in [0.2, 0.25) is 11.7 Å². The van der Waals surface area contributed by atoms with Crippen LogP contribution >= 0.6 is 0 Å². The molecule has 0 aromatic heterocycles. The van der Waals surface area contributed by atoms with Gasteiger partial charge in [-0.25, -0.2) is 10.0 Å². The van der Waals surface area contributed by atoms with Crippen molar-refractivity contribution in [3.63, 3.8) is 0 Å².